The minimum atomic E-state index is -0.268. The molecule has 0 saturated heterocycles. The molecule has 7 heteroatoms. The zero-order valence-electron chi connectivity index (χ0n) is 11.6. The van der Waals surface area contributed by atoms with E-state index >= 15 is 0 Å². The van der Waals surface area contributed by atoms with Gasteiger partial charge in [-0.1, -0.05) is 6.92 Å². The number of carbonyl (C=O) groups excluding carboxylic acids is 1. The fraction of sp³-hybridized carbons (Fsp3) is 0.214. The van der Waals surface area contributed by atoms with Crippen molar-refractivity contribution in [1.82, 2.24) is 15.2 Å². The van der Waals surface area contributed by atoms with Crippen LogP contribution in [0.2, 0.25) is 0 Å². The Balaban J connectivity index is 1.81. The molecule has 3 heterocycles. The zero-order valence-corrected chi connectivity index (χ0v) is 12.5. The number of furan rings is 1. The number of nitrogens with zero attached hydrogens (tertiary/aromatic N) is 2. The Morgan fingerprint density at radius 2 is 2.38 bits per heavy atom. The number of rotatable bonds is 4. The van der Waals surface area contributed by atoms with Crippen LogP contribution in [-0.2, 0) is 6.42 Å². The Morgan fingerprint density at radius 1 is 1.52 bits per heavy atom. The molecule has 3 aromatic heterocycles. The van der Waals surface area contributed by atoms with E-state index in [1.807, 2.05) is 26.0 Å². The first-order valence-corrected chi connectivity index (χ1v) is 7.36. The lowest BCUT2D eigenvalue weighted by atomic mass is 10.3. The van der Waals surface area contributed by atoms with Crippen LogP contribution in [0.15, 0.2) is 28.9 Å². The van der Waals surface area contributed by atoms with Crippen molar-refractivity contribution in [2.45, 2.75) is 20.3 Å². The average Bonchev–Trinajstić information content (AvgIpc) is 3.17. The number of hydrogen-bond acceptors (Lipinski definition) is 5. The molecule has 0 atom stereocenters. The topological polar surface area (TPSA) is 83.8 Å². The predicted molar refractivity (Wildman–Crippen MR) is 80.5 cm³/mol. The molecular formula is C14H14N4O2S. The summed E-state index contributed by atoms with van der Waals surface area (Å²) in [5.74, 6) is 0.898. The van der Waals surface area contributed by atoms with Crippen molar-refractivity contribution in [1.29, 1.82) is 0 Å². The second kappa shape index (κ2) is 5.53. The molecule has 21 heavy (non-hydrogen) atoms. The summed E-state index contributed by atoms with van der Waals surface area (Å²) in [6, 6.07) is 5.43. The lowest BCUT2D eigenvalue weighted by molar-refractivity contribution is 0.102. The molecule has 6 nitrogen and oxygen atoms in total. The molecular weight excluding hydrogens is 288 g/mol. The van der Waals surface area contributed by atoms with Gasteiger partial charge in [0.25, 0.3) is 5.91 Å². The fourth-order valence-electron chi connectivity index (χ4n) is 1.90. The molecule has 0 aliphatic rings. The first kappa shape index (κ1) is 13.6. The number of H-pyrrole nitrogens is 1. The van der Waals surface area contributed by atoms with Gasteiger partial charge in [-0.2, -0.15) is 5.10 Å². The first-order valence-electron chi connectivity index (χ1n) is 6.54. The van der Waals surface area contributed by atoms with Gasteiger partial charge in [-0.05, 0) is 25.5 Å². The number of aromatic nitrogens is 3. The second-order valence-corrected chi connectivity index (χ2v) is 5.69. The van der Waals surface area contributed by atoms with Crippen molar-refractivity contribution in [2.24, 2.45) is 0 Å². The van der Waals surface area contributed by atoms with Crippen LogP contribution in [0, 0.1) is 6.92 Å². The van der Waals surface area contributed by atoms with Crippen molar-refractivity contribution in [3.8, 4) is 10.8 Å². The van der Waals surface area contributed by atoms with E-state index in [4.69, 9.17) is 4.42 Å². The third-order valence-corrected chi connectivity index (χ3v) is 3.98. The number of carbonyl (C=O) groups is 1. The van der Waals surface area contributed by atoms with Gasteiger partial charge in [0, 0.05) is 16.6 Å². The molecule has 0 spiro atoms. The molecule has 0 bridgehead atoms. The van der Waals surface area contributed by atoms with Gasteiger partial charge in [0.05, 0.1) is 6.26 Å². The van der Waals surface area contributed by atoms with Gasteiger partial charge in [-0.3, -0.25) is 9.89 Å². The van der Waals surface area contributed by atoms with Crippen LogP contribution in [-0.4, -0.2) is 21.1 Å². The van der Waals surface area contributed by atoms with Crippen LogP contribution < -0.4 is 5.32 Å². The normalized spacial score (nSPS) is 10.8. The molecule has 0 unspecified atom stereocenters. The van der Waals surface area contributed by atoms with E-state index in [1.165, 1.54) is 11.3 Å². The first-order chi connectivity index (χ1) is 10.2. The largest absolute Gasteiger partial charge is 0.462 e. The molecule has 3 aromatic rings. The summed E-state index contributed by atoms with van der Waals surface area (Å²) < 4.78 is 5.30. The fourth-order valence-corrected chi connectivity index (χ4v) is 2.77. The maximum atomic E-state index is 12.3. The van der Waals surface area contributed by atoms with E-state index < -0.39 is 0 Å². The Bertz CT molecular complexity index is 758. The number of thiazole rings is 1. The maximum Gasteiger partial charge on any atom is 0.276 e. The highest BCUT2D eigenvalue weighted by Crippen LogP contribution is 2.28. The molecule has 2 N–H and O–H groups in total. The zero-order chi connectivity index (χ0) is 14.8. The highest BCUT2D eigenvalue weighted by molar-refractivity contribution is 7.15. The smallest absolute Gasteiger partial charge is 0.276 e. The van der Waals surface area contributed by atoms with Crippen molar-refractivity contribution in [3.05, 3.63) is 40.7 Å². The molecule has 0 aromatic carbocycles. The molecule has 3 rings (SSSR count). The molecule has 0 fully saturated rings. The van der Waals surface area contributed by atoms with Crippen molar-refractivity contribution in [3.63, 3.8) is 0 Å². The third-order valence-electron chi connectivity index (χ3n) is 3.00. The van der Waals surface area contributed by atoms with Crippen molar-refractivity contribution in [2.75, 3.05) is 5.32 Å². The highest BCUT2D eigenvalue weighted by Gasteiger charge is 2.18. The third kappa shape index (κ3) is 2.73. The average molecular weight is 302 g/mol. The SMILES string of the molecule is CCc1cc(NC(=O)c2nc(-c3ccco3)sc2C)n[nH]1. The monoisotopic (exact) mass is 302 g/mol. The highest BCUT2D eigenvalue weighted by atomic mass is 32.1. The minimum Gasteiger partial charge on any atom is -0.462 e. The quantitative estimate of drug-likeness (QED) is 0.775. The number of aryl methyl sites for hydroxylation is 2. The summed E-state index contributed by atoms with van der Waals surface area (Å²) in [7, 11) is 0. The molecule has 0 saturated carbocycles. The summed E-state index contributed by atoms with van der Waals surface area (Å²) in [5.41, 5.74) is 1.36. The number of anilines is 1. The van der Waals surface area contributed by atoms with E-state index in [1.54, 1.807) is 12.3 Å². The van der Waals surface area contributed by atoms with Gasteiger partial charge in [0.15, 0.2) is 16.6 Å². The van der Waals surface area contributed by atoms with Crippen LogP contribution in [0.3, 0.4) is 0 Å². The van der Waals surface area contributed by atoms with E-state index in [9.17, 15) is 4.79 Å². The van der Waals surface area contributed by atoms with Gasteiger partial charge in [0.2, 0.25) is 0 Å². The lowest BCUT2D eigenvalue weighted by Crippen LogP contribution is -2.13. The second-order valence-electron chi connectivity index (χ2n) is 4.49. The standard InChI is InChI=1S/C14H14N4O2S/c1-3-9-7-11(18-17-9)15-13(19)12-8(2)21-14(16-12)10-5-4-6-20-10/h4-7H,3H2,1-2H3,(H2,15,17,18,19). The summed E-state index contributed by atoms with van der Waals surface area (Å²) >= 11 is 1.43. The van der Waals surface area contributed by atoms with Gasteiger partial charge in [-0.25, -0.2) is 4.98 Å². The number of aromatic amines is 1. The van der Waals surface area contributed by atoms with E-state index in [-0.39, 0.29) is 5.91 Å². The van der Waals surface area contributed by atoms with Crippen LogP contribution in [0.1, 0.15) is 28.0 Å². The van der Waals surface area contributed by atoms with Crippen LogP contribution >= 0.6 is 11.3 Å². The minimum absolute atomic E-state index is 0.268. The molecule has 1 amide bonds. The molecule has 0 radical (unpaired) electrons. The molecule has 108 valence electrons. The number of amides is 1. The maximum absolute atomic E-state index is 12.3. The van der Waals surface area contributed by atoms with Gasteiger partial charge >= 0.3 is 0 Å². The Hall–Kier alpha value is -2.41. The van der Waals surface area contributed by atoms with Crippen LogP contribution in [0.4, 0.5) is 5.82 Å². The van der Waals surface area contributed by atoms with E-state index in [2.05, 4.69) is 20.5 Å². The van der Waals surface area contributed by atoms with Crippen molar-refractivity contribution < 1.29 is 9.21 Å². The molecule has 0 aliphatic carbocycles. The summed E-state index contributed by atoms with van der Waals surface area (Å²) in [6.07, 6.45) is 2.42. The van der Waals surface area contributed by atoms with Crippen molar-refractivity contribution >= 4 is 23.1 Å². The van der Waals surface area contributed by atoms with Gasteiger partial charge in [-0.15, -0.1) is 11.3 Å². The molecule has 0 aliphatic heterocycles. The summed E-state index contributed by atoms with van der Waals surface area (Å²) in [6.45, 7) is 3.88. The number of hydrogen-bond donors (Lipinski definition) is 2. The predicted octanol–water partition coefficient (Wildman–Crippen LogP) is 3.25. The summed E-state index contributed by atoms with van der Waals surface area (Å²) in [5, 5.41) is 10.3. The lowest BCUT2D eigenvalue weighted by Gasteiger charge is -1.98. The Morgan fingerprint density at radius 3 is 3.05 bits per heavy atom. The van der Waals surface area contributed by atoms with E-state index in [0.717, 1.165) is 17.0 Å². The van der Waals surface area contributed by atoms with Gasteiger partial charge in [0.1, 0.15) is 5.69 Å². The Kier molecular flexibility index (Phi) is 3.57. The van der Waals surface area contributed by atoms with Crippen LogP contribution in [0.25, 0.3) is 10.8 Å². The van der Waals surface area contributed by atoms with E-state index in [0.29, 0.717) is 22.3 Å². The Labute approximate surface area is 125 Å². The van der Waals surface area contributed by atoms with Gasteiger partial charge < -0.3 is 9.73 Å². The van der Waals surface area contributed by atoms with Crippen LogP contribution in [0.5, 0.6) is 0 Å². The number of nitrogens with one attached hydrogen (secondary N) is 2. The summed E-state index contributed by atoms with van der Waals surface area (Å²) in [4.78, 5) is 17.5.